The topological polar surface area (TPSA) is 128 Å². The molecule has 1 atom stereocenters. The van der Waals surface area contributed by atoms with E-state index < -0.39 is 32.2 Å². The molecule has 1 aromatic rings. The molecule has 0 radical (unpaired) electrons. The van der Waals surface area contributed by atoms with E-state index in [0.717, 1.165) is 13.2 Å². The van der Waals surface area contributed by atoms with E-state index in [2.05, 4.69) is 4.74 Å². The van der Waals surface area contributed by atoms with Crippen molar-refractivity contribution in [1.29, 1.82) is 0 Å². The fourth-order valence-electron chi connectivity index (χ4n) is 1.57. The minimum atomic E-state index is -4.50. The Morgan fingerprint density at radius 2 is 1.82 bits per heavy atom. The van der Waals surface area contributed by atoms with Crippen molar-refractivity contribution in [3.8, 4) is 11.5 Å². The van der Waals surface area contributed by atoms with Gasteiger partial charge in [-0.15, -0.1) is 0 Å². The quantitative estimate of drug-likeness (QED) is 0.758. The standard InChI is InChI=1S/C12H15NO8S/c1-19-7-4-5-8(20-2)9(6-7)22(17,18)10(11(14)15)13-12(16)21-3/h4-6,10H,1-3H3,(H,13,16)(H,14,15). The van der Waals surface area contributed by atoms with Crippen LogP contribution in [-0.4, -0.2) is 52.3 Å². The van der Waals surface area contributed by atoms with Gasteiger partial charge in [-0.05, 0) is 12.1 Å². The lowest BCUT2D eigenvalue weighted by Gasteiger charge is -2.17. The van der Waals surface area contributed by atoms with Gasteiger partial charge < -0.3 is 19.3 Å². The molecule has 10 heteroatoms. The molecule has 0 saturated heterocycles. The third kappa shape index (κ3) is 3.58. The maximum Gasteiger partial charge on any atom is 0.408 e. The van der Waals surface area contributed by atoms with Gasteiger partial charge in [-0.25, -0.2) is 18.0 Å². The lowest BCUT2D eigenvalue weighted by Crippen LogP contribution is -2.46. The third-order valence-electron chi connectivity index (χ3n) is 2.65. The Bertz CT molecular complexity index is 670. The summed E-state index contributed by atoms with van der Waals surface area (Å²) >= 11 is 0. The van der Waals surface area contributed by atoms with Crippen LogP contribution in [0.3, 0.4) is 0 Å². The summed E-state index contributed by atoms with van der Waals surface area (Å²) < 4.78 is 39.0. The van der Waals surface area contributed by atoms with E-state index in [1.165, 1.54) is 26.4 Å². The highest BCUT2D eigenvalue weighted by atomic mass is 32.2. The molecule has 0 heterocycles. The summed E-state index contributed by atoms with van der Waals surface area (Å²) in [6.07, 6.45) is -1.20. The van der Waals surface area contributed by atoms with Crippen LogP contribution in [0.4, 0.5) is 4.79 Å². The van der Waals surface area contributed by atoms with E-state index in [9.17, 15) is 18.0 Å². The number of amides is 1. The number of carboxylic acid groups (broad SMARTS) is 1. The molecule has 0 saturated carbocycles. The highest BCUT2D eigenvalue weighted by molar-refractivity contribution is 7.92. The van der Waals surface area contributed by atoms with E-state index in [1.807, 2.05) is 0 Å². The van der Waals surface area contributed by atoms with Crippen molar-refractivity contribution in [3.05, 3.63) is 18.2 Å². The van der Waals surface area contributed by atoms with E-state index in [-0.39, 0.29) is 11.5 Å². The number of methoxy groups -OCH3 is 3. The van der Waals surface area contributed by atoms with Crippen molar-refractivity contribution in [3.63, 3.8) is 0 Å². The summed E-state index contributed by atoms with van der Waals surface area (Å²) in [6, 6.07) is 3.85. The summed E-state index contributed by atoms with van der Waals surface area (Å²) in [5, 5.41) is 8.60. The Labute approximate surface area is 126 Å². The molecule has 0 aromatic heterocycles. The normalized spacial score (nSPS) is 12.1. The average Bonchev–Trinajstić information content (AvgIpc) is 2.50. The second kappa shape index (κ2) is 6.98. The molecule has 0 fully saturated rings. The van der Waals surface area contributed by atoms with Gasteiger partial charge in [-0.3, -0.25) is 5.32 Å². The minimum absolute atomic E-state index is 0.0845. The van der Waals surface area contributed by atoms with Crippen LogP contribution >= 0.6 is 0 Å². The fourth-order valence-corrected chi connectivity index (χ4v) is 3.05. The number of ether oxygens (including phenoxy) is 3. The summed E-state index contributed by atoms with van der Waals surface area (Å²) in [5.74, 6) is -1.67. The predicted molar refractivity (Wildman–Crippen MR) is 73.7 cm³/mol. The summed E-state index contributed by atoms with van der Waals surface area (Å²) in [5.41, 5.74) is 0. The molecule has 1 aromatic carbocycles. The Morgan fingerprint density at radius 1 is 1.18 bits per heavy atom. The highest BCUT2D eigenvalue weighted by Gasteiger charge is 2.38. The minimum Gasteiger partial charge on any atom is -0.497 e. The summed E-state index contributed by atoms with van der Waals surface area (Å²) in [4.78, 5) is 21.9. The molecule has 2 N–H and O–H groups in total. The molecule has 1 unspecified atom stereocenters. The average molecular weight is 333 g/mol. The van der Waals surface area contributed by atoms with E-state index in [4.69, 9.17) is 14.6 Å². The van der Waals surface area contributed by atoms with Gasteiger partial charge in [0, 0.05) is 6.07 Å². The summed E-state index contributed by atoms with van der Waals surface area (Å²) in [6.45, 7) is 0. The number of benzene rings is 1. The molecule has 0 aliphatic rings. The highest BCUT2D eigenvalue weighted by Crippen LogP contribution is 2.30. The second-order valence-corrected chi connectivity index (χ2v) is 5.92. The SMILES string of the molecule is COC(=O)NC(C(=O)O)S(=O)(=O)c1cc(OC)ccc1OC. The second-order valence-electron chi connectivity index (χ2n) is 3.92. The van der Waals surface area contributed by atoms with Crippen LogP contribution in [0.15, 0.2) is 23.1 Å². The fraction of sp³-hybridized carbons (Fsp3) is 0.333. The molecular weight excluding hydrogens is 318 g/mol. The number of hydrogen-bond donors (Lipinski definition) is 2. The Hall–Kier alpha value is -2.49. The van der Waals surface area contributed by atoms with Crippen LogP contribution in [-0.2, 0) is 19.4 Å². The van der Waals surface area contributed by atoms with Gasteiger partial charge in [-0.2, -0.15) is 0 Å². The van der Waals surface area contributed by atoms with E-state index in [1.54, 1.807) is 5.32 Å². The molecule has 22 heavy (non-hydrogen) atoms. The Balaban J connectivity index is 3.42. The van der Waals surface area contributed by atoms with Crippen molar-refractivity contribution in [2.24, 2.45) is 0 Å². The number of rotatable bonds is 6. The number of alkyl carbamates (subject to hydrolysis) is 1. The van der Waals surface area contributed by atoms with Crippen LogP contribution in [0.1, 0.15) is 0 Å². The molecule has 0 bridgehead atoms. The monoisotopic (exact) mass is 333 g/mol. The lowest BCUT2D eigenvalue weighted by molar-refractivity contribution is -0.137. The van der Waals surface area contributed by atoms with Gasteiger partial charge in [0.2, 0.25) is 15.2 Å². The molecule has 122 valence electrons. The van der Waals surface area contributed by atoms with Gasteiger partial charge in [0.15, 0.2) is 0 Å². The molecule has 0 aliphatic carbocycles. The van der Waals surface area contributed by atoms with Gasteiger partial charge in [-0.1, -0.05) is 0 Å². The first-order valence-electron chi connectivity index (χ1n) is 5.81. The molecule has 1 rings (SSSR count). The Morgan fingerprint density at radius 3 is 2.27 bits per heavy atom. The molecule has 0 spiro atoms. The third-order valence-corrected chi connectivity index (χ3v) is 4.52. The summed E-state index contributed by atoms with van der Waals surface area (Å²) in [7, 11) is -0.973. The number of nitrogens with one attached hydrogen (secondary N) is 1. The first kappa shape index (κ1) is 17.6. The van der Waals surface area contributed by atoms with Crippen molar-refractivity contribution in [2.45, 2.75) is 10.3 Å². The molecular formula is C12H15NO8S. The van der Waals surface area contributed by atoms with E-state index in [0.29, 0.717) is 0 Å². The zero-order valence-electron chi connectivity index (χ0n) is 12.0. The van der Waals surface area contributed by atoms with Gasteiger partial charge in [0.25, 0.3) is 0 Å². The number of aliphatic carboxylic acids is 1. The van der Waals surface area contributed by atoms with Crippen molar-refractivity contribution >= 4 is 21.9 Å². The predicted octanol–water partition coefficient (Wildman–Crippen LogP) is 0.244. The number of sulfone groups is 1. The van der Waals surface area contributed by atoms with Crippen LogP contribution in [0, 0.1) is 0 Å². The largest absolute Gasteiger partial charge is 0.497 e. The zero-order chi connectivity index (χ0) is 16.9. The number of hydrogen-bond acceptors (Lipinski definition) is 7. The number of carboxylic acids is 1. The first-order chi connectivity index (χ1) is 10.3. The Kier molecular flexibility index (Phi) is 5.57. The number of carbonyl (C=O) groups is 2. The maximum absolute atomic E-state index is 12.5. The van der Waals surface area contributed by atoms with Gasteiger partial charge >= 0.3 is 12.1 Å². The smallest absolute Gasteiger partial charge is 0.408 e. The lowest BCUT2D eigenvalue weighted by atomic mass is 10.3. The number of carbonyl (C=O) groups excluding carboxylic acids is 1. The van der Waals surface area contributed by atoms with E-state index >= 15 is 0 Å². The maximum atomic E-state index is 12.5. The van der Waals surface area contributed by atoms with Gasteiger partial charge in [0.1, 0.15) is 16.4 Å². The van der Waals surface area contributed by atoms with Crippen LogP contribution in [0.25, 0.3) is 0 Å². The van der Waals surface area contributed by atoms with Crippen molar-refractivity contribution < 1.29 is 37.3 Å². The van der Waals surface area contributed by atoms with Gasteiger partial charge in [0.05, 0.1) is 21.3 Å². The van der Waals surface area contributed by atoms with Crippen LogP contribution in [0.5, 0.6) is 11.5 Å². The first-order valence-corrected chi connectivity index (χ1v) is 7.35. The molecule has 0 aliphatic heterocycles. The van der Waals surface area contributed by atoms with Crippen molar-refractivity contribution in [2.75, 3.05) is 21.3 Å². The van der Waals surface area contributed by atoms with Crippen molar-refractivity contribution in [1.82, 2.24) is 5.32 Å². The molecule has 1 amide bonds. The zero-order valence-corrected chi connectivity index (χ0v) is 12.8. The van der Waals surface area contributed by atoms with Crippen LogP contribution in [0.2, 0.25) is 0 Å². The molecule has 9 nitrogen and oxygen atoms in total. The van der Waals surface area contributed by atoms with Crippen LogP contribution < -0.4 is 14.8 Å².